The Morgan fingerprint density at radius 2 is 2.19 bits per heavy atom. The number of halogens is 2. The van der Waals surface area contributed by atoms with Crippen molar-refractivity contribution in [2.24, 2.45) is 5.92 Å². The summed E-state index contributed by atoms with van der Waals surface area (Å²) < 4.78 is 30.1. The van der Waals surface area contributed by atoms with Gasteiger partial charge in [-0.1, -0.05) is 0 Å². The van der Waals surface area contributed by atoms with Gasteiger partial charge in [0.2, 0.25) is 5.91 Å². The Kier molecular flexibility index (Phi) is 4.42. The summed E-state index contributed by atoms with van der Waals surface area (Å²) in [5.41, 5.74) is 3.97. The van der Waals surface area contributed by atoms with E-state index in [9.17, 15) is 9.18 Å². The van der Waals surface area contributed by atoms with Crippen molar-refractivity contribution < 1.29 is 13.6 Å². The van der Waals surface area contributed by atoms with Gasteiger partial charge in [-0.05, 0) is 49.1 Å². The van der Waals surface area contributed by atoms with Gasteiger partial charge in [-0.25, -0.2) is 13.3 Å². The van der Waals surface area contributed by atoms with Crippen molar-refractivity contribution in [1.29, 1.82) is 0 Å². The number of amides is 1. The molecule has 2 atom stereocenters. The Morgan fingerprint density at radius 1 is 1.42 bits per heavy atom. The van der Waals surface area contributed by atoms with Crippen molar-refractivity contribution in [3.05, 3.63) is 42.0 Å². The van der Waals surface area contributed by atoms with Gasteiger partial charge >= 0.3 is 0 Å². The number of nitrogens with zero attached hydrogens (tertiary/aromatic N) is 4. The summed E-state index contributed by atoms with van der Waals surface area (Å²) >= 11 is 0. The van der Waals surface area contributed by atoms with Crippen LogP contribution in [0.5, 0.6) is 0 Å². The fourth-order valence-electron chi connectivity index (χ4n) is 4.01. The lowest BCUT2D eigenvalue weighted by molar-refractivity contribution is -0.117. The SMILES string of the molecule is CCN(C)c1c(F)c(C)c(-c2ccn3nc(NC(=O)[C@@H]4C[C@@H]4F)cc3c2)c2cn[nH]c12. The number of nitrogens with one attached hydrogen (secondary N) is 2. The second-order valence-electron chi connectivity index (χ2n) is 8.00. The largest absolute Gasteiger partial charge is 0.371 e. The highest BCUT2D eigenvalue weighted by molar-refractivity contribution is 6.03. The number of rotatable bonds is 5. The number of hydrogen-bond acceptors (Lipinski definition) is 4. The van der Waals surface area contributed by atoms with E-state index in [1.165, 1.54) is 0 Å². The summed E-state index contributed by atoms with van der Waals surface area (Å²) in [7, 11) is 1.85. The number of hydrogen-bond donors (Lipinski definition) is 2. The van der Waals surface area contributed by atoms with Crippen LogP contribution >= 0.6 is 0 Å². The molecule has 0 saturated heterocycles. The third-order valence-electron chi connectivity index (χ3n) is 5.97. The summed E-state index contributed by atoms with van der Waals surface area (Å²) in [6, 6.07) is 5.45. The first kappa shape index (κ1) is 19.5. The van der Waals surface area contributed by atoms with E-state index in [0.29, 0.717) is 29.1 Å². The van der Waals surface area contributed by atoms with Crippen LogP contribution in [0.15, 0.2) is 30.6 Å². The monoisotopic (exact) mass is 424 g/mol. The average molecular weight is 424 g/mol. The van der Waals surface area contributed by atoms with Crippen molar-refractivity contribution in [3.63, 3.8) is 0 Å². The van der Waals surface area contributed by atoms with Crippen LogP contribution in [-0.4, -0.2) is 45.5 Å². The Labute approximate surface area is 177 Å². The molecule has 1 aromatic carbocycles. The summed E-state index contributed by atoms with van der Waals surface area (Å²) in [6.45, 7) is 4.38. The molecule has 1 aliphatic carbocycles. The molecule has 0 aliphatic heterocycles. The maximum Gasteiger partial charge on any atom is 0.231 e. The number of anilines is 2. The molecular weight excluding hydrogens is 402 g/mol. The zero-order valence-corrected chi connectivity index (χ0v) is 17.4. The molecule has 31 heavy (non-hydrogen) atoms. The Hall–Kier alpha value is -3.49. The maximum atomic E-state index is 15.4. The Morgan fingerprint density at radius 3 is 2.90 bits per heavy atom. The van der Waals surface area contributed by atoms with Crippen LogP contribution in [-0.2, 0) is 4.79 Å². The zero-order valence-electron chi connectivity index (χ0n) is 17.4. The standard InChI is InChI=1S/C22H22F2N6O/c1-4-29(3)21-19(24)11(2)18(15-10-25-27-20(15)21)12-5-6-30-13(7-12)8-17(28-30)26-22(31)14-9-16(14)23/h5-8,10,14,16H,4,9H2,1-3H3,(H,25,27)(H,26,28,31)/t14-,16+/m1/s1. The first-order valence-corrected chi connectivity index (χ1v) is 10.2. The lowest BCUT2D eigenvalue weighted by atomic mass is 9.95. The highest BCUT2D eigenvalue weighted by Gasteiger charge is 2.43. The molecule has 1 aliphatic rings. The molecule has 0 radical (unpaired) electrons. The number of carbonyl (C=O) groups is 1. The van der Waals surface area contributed by atoms with E-state index in [4.69, 9.17) is 0 Å². The van der Waals surface area contributed by atoms with Gasteiger partial charge in [0, 0.05) is 31.2 Å². The van der Waals surface area contributed by atoms with Crippen LogP contribution in [0.2, 0.25) is 0 Å². The first-order chi connectivity index (χ1) is 14.9. The van der Waals surface area contributed by atoms with Crippen molar-refractivity contribution in [3.8, 4) is 11.1 Å². The fourth-order valence-corrected chi connectivity index (χ4v) is 4.01. The van der Waals surface area contributed by atoms with Crippen molar-refractivity contribution in [2.75, 3.05) is 23.8 Å². The fraction of sp³-hybridized carbons (Fsp3) is 0.318. The number of fused-ring (bicyclic) bond motifs is 2. The van der Waals surface area contributed by atoms with Gasteiger partial charge in [0.05, 0.1) is 28.8 Å². The molecule has 0 spiro atoms. The van der Waals surface area contributed by atoms with E-state index >= 15 is 4.39 Å². The van der Waals surface area contributed by atoms with E-state index < -0.39 is 12.1 Å². The van der Waals surface area contributed by atoms with Gasteiger partial charge in [0.15, 0.2) is 11.6 Å². The van der Waals surface area contributed by atoms with E-state index in [1.807, 2.05) is 31.0 Å². The molecule has 1 fully saturated rings. The van der Waals surface area contributed by atoms with Crippen molar-refractivity contribution >= 4 is 33.8 Å². The lowest BCUT2D eigenvalue weighted by Gasteiger charge is -2.21. The predicted octanol–water partition coefficient (Wildman–Crippen LogP) is 4.08. The second kappa shape index (κ2) is 7.04. The minimum Gasteiger partial charge on any atom is -0.371 e. The normalized spacial score (nSPS) is 18.0. The number of aromatic nitrogens is 4. The van der Waals surface area contributed by atoms with Crippen LogP contribution in [0.25, 0.3) is 27.5 Å². The van der Waals surface area contributed by atoms with Crippen LogP contribution < -0.4 is 10.2 Å². The molecule has 5 rings (SSSR count). The molecule has 1 amide bonds. The highest BCUT2D eigenvalue weighted by Crippen LogP contribution is 2.40. The molecule has 7 nitrogen and oxygen atoms in total. The quantitative estimate of drug-likeness (QED) is 0.506. The number of alkyl halides is 1. The number of benzene rings is 1. The van der Waals surface area contributed by atoms with Crippen LogP contribution in [0, 0.1) is 18.7 Å². The molecule has 160 valence electrons. The summed E-state index contributed by atoms with van der Waals surface area (Å²) in [4.78, 5) is 13.9. The number of carbonyl (C=O) groups excluding carboxylic acids is 1. The van der Waals surface area contributed by atoms with Crippen LogP contribution in [0.3, 0.4) is 0 Å². The predicted molar refractivity (Wildman–Crippen MR) is 116 cm³/mol. The third-order valence-corrected chi connectivity index (χ3v) is 5.97. The summed E-state index contributed by atoms with van der Waals surface area (Å²) in [5, 5.41) is 14.9. The van der Waals surface area contributed by atoms with E-state index in [-0.39, 0.29) is 18.1 Å². The molecule has 4 aromatic rings. The molecule has 9 heteroatoms. The minimum atomic E-state index is -1.06. The van der Waals surface area contributed by atoms with Crippen molar-refractivity contribution in [2.45, 2.75) is 26.4 Å². The zero-order chi connectivity index (χ0) is 21.9. The topological polar surface area (TPSA) is 78.3 Å². The smallest absolute Gasteiger partial charge is 0.231 e. The minimum absolute atomic E-state index is 0.262. The van der Waals surface area contributed by atoms with E-state index in [2.05, 4.69) is 20.6 Å². The third kappa shape index (κ3) is 3.11. The molecule has 3 aromatic heterocycles. The van der Waals surface area contributed by atoms with Crippen LogP contribution in [0.4, 0.5) is 20.3 Å². The number of H-pyrrole nitrogens is 1. The van der Waals surface area contributed by atoms with Gasteiger partial charge in [-0.2, -0.15) is 10.2 Å². The average Bonchev–Trinajstić information content (AvgIpc) is 3.12. The maximum absolute atomic E-state index is 15.4. The van der Waals surface area contributed by atoms with E-state index in [1.54, 1.807) is 29.9 Å². The molecular formula is C22H22F2N6O. The second-order valence-corrected chi connectivity index (χ2v) is 8.00. The van der Waals surface area contributed by atoms with Gasteiger partial charge in [-0.15, -0.1) is 0 Å². The molecule has 2 N–H and O–H groups in total. The Bertz CT molecular complexity index is 1330. The van der Waals surface area contributed by atoms with Gasteiger partial charge < -0.3 is 10.2 Å². The van der Waals surface area contributed by atoms with E-state index in [0.717, 1.165) is 22.0 Å². The first-order valence-electron chi connectivity index (χ1n) is 10.2. The summed E-state index contributed by atoms with van der Waals surface area (Å²) in [5.74, 6) is -0.870. The van der Waals surface area contributed by atoms with Crippen molar-refractivity contribution in [1.82, 2.24) is 19.8 Å². The van der Waals surface area contributed by atoms with Crippen LogP contribution in [0.1, 0.15) is 18.9 Å². The molecule has 0 unspecified atom stereocenters. The molecule has 1 saturated carbocycles. The summed E-state index contributed by atoms with van der Waals surface area (Å²) in [6.07, 6.45) is 2.66. The Balaban J connectivity index is 1.58. The molecule has 3 heterocycles. The highest BCUT2D eigenvalue weighted by atomic mass is 19.1. The van der Waals surface area contributed by atoms with Gasteiger partial charge in [-0.3, -0.25) is 9.89 Å². The number of aromatic amines is 1. The lowest BCUT2D eigenvalue weighted by Crippen LogP contribution is -2.18. The van der Waals surface area contributed by atoms with Gasteiger partial charge in [0.25, 0.3) is 0 Å². The van der Waals surface area contributed by atoms with Gasteiger partial charge in [0.1, 0.15) is 6.17 Å². The number of pyridine rings is 1. The molecule has 0 bridgehead atoms.